The van der Waals surface area contributed by atoms with E-state index >= 15 is 0 Å². The number of carbonyl (C=O) groups is 1. The Morgan fingerprint density at radius 2 is 1.71 bits per heavy atom. The Bertz CT molecular complexity index is 658. The van der Waals surface area contributed by atoms with E-state index in [9.17, 15) is 4.79 Å². The molecule has 21 heavy (non-hydrogen) atoms. The molecule has 1 aromatic carbocycles. The Kier molecular flexibility index (Phi) is 4.04. The van der Waals surface area contributed by atoms with Crippen molar-refractivity contribution in [2.45, 2.75) is 53.4 Å². The molecular formula is C18H24N2O. The Morgan fingerprint density at radius 3 is 2.14 bits per heavy atom. The third-order valence-corrected chi connectivity index (χ3v) is 3.98. The summed E-state index contributed by atoms with van der Waals surface area (Å²) in [5.74, 6) is -0.0595. The molecule has 0 aliphatic rings. The minimum atomic E-state index is -0.0595. The van der Waals surface area contributed by atoms with Crippen molar-refractivity contribution in [3.8, 4) is 0 Å². The highest BCUT2D eigenvalue weighted by atomic mass is 16.2. The summed E-state index contributed by atoms with van der Waals surface area (Å²) < 4.78 is 1.53. The maximum absolute atomic E-state index is 12.6. The molecule has 1 heterocycles. The molecule has 3 heteroatoms. The minimum Gasteiger partial charge on any atom is -0.267 e. The average Bonchev–Trinajstić information content (AvgIpc) is 2.72. The van der Waals surface area contributed by atoms with Crippen molar-refractivity contribution in [1.29, 1.82) is 0 Å². The third-order valence-electron chi connectivity index (χ3n) is 3.98. The van der Waals surface area contributed by atoms with Crippen molar-refractivity contribution in [1.82, 2.24) is 9.78 Å². The zero-order chi connectivity index (χ0) is 15.8. The van der Waals surface area contributed by atoms with Crippen LogP contribution in [0.4, 0.5) is 0 Å². The van der Waals surface area contributed by atoms with E-state index in [-0.39, 0.29) is 11.3 Å². The number of rotatable bonds is 2. The number of aryl methyl sites for hydroxylation is 1. The van der Waals surface area contributed by atoms with Crippen LogP contribution >= 0.6 is 0 Å². The summed E-state index contributed by atoms with van der Waals surface area (Å²) in [6.45, 7) is 12.5. The van der Waals surface area contributed by atoms with E-state index in [2.05, 4.69) is 32.8 Å². The normalized spacial score (nSPS) is 11.7. The van der Waals surface area contributed by atoms with Crippen LogP contribution in [0.15, 0.2) is 24.3 Å². The van der Waals surface area contributed by atoms with Crippen LogP contribution in [0.1, 0.15) is 60.6 Å². The van der Waals surface area contributed by atoms with Gasteiger partial charge in [-0.25, -0.2) is 4.68 Å². The van der Waals surface area contributed by atoms with Crippen LogP contribution in [0.2, 0.25) is 0 Å². The third kappa shape index (κ3) is 2.92. The van der Waals surface area contributed by atoms with Gasteiger partial charge in [0.2, 0.25) is 0 Å². The maximum Gasteiger partial charge on any atom is 0.278 e. The number of hydrogen-bond donors (Lipinski definition) is 0. The monoisotopic (exact) mass is 284 g/mol. The summed E-state index contributed by atoms with van der Waals surface area (Å²) in [6.07, 6.45) is 0.897. The van der Waals surface area contributed by atoms with Crippen molar-refractivity contribution in [3.63, 3.8) is 0 Å². The summed E-state index contributed by atoms with van der Waals surface area (Å²) in [4.78, 5) is 12.6. The molecular weight excluding hydrogens is 260 g/mol. The van der Waals surface area contributed by atoms with Gasteiger partial charge in [0.1, 0.15) is 0 Å². The van der Waals surface area contributed by atoms with Crippen LogP contribution in [-0.2, 0) is 11.8 Å². The average molecular weight is 284 g/mol. The first-order valence-electron chi connectivity index (χ1n) is 7.46. The van der Waals surface area contributed by atoms with E-state index in [0.29, 0.717) is 5.56 Å². The highest BCUT2D eigenvalue weighted by Gasteiger charge is 2.18. The summed E-state index contributed by atoms with van der Waals surface area (Å²) >= 11 is 0. The molecule has 0 unspecified atom stereocenters. The second kappa shape index (κ2) is 5.47. The largest absolute Gasteiger partial charge is 0.278 e. The lowest BCUT2D eigenvalue weighted by Gasteiger charge is -2.19. The number of benzene rings is 1. The molecule has 0 N–H and O–H groups in total. The summed E-state index contributed by atoms with van der Waals surface area (Å²) in [6, 6.07) is 7.84. The molecule has 3 nitrogen and oxygen atoms in total. The fourth-order valence-corrected chi connectivity index (χ4v) is 2.62. The molecule has 112 valence electrons. The van der Waals surface area contributed by atoms with Gasteiger partial charge in [-0.15, -0.1) is 0 Å². The van der Waals surface area contributed by atoms with Crippen molar-refractivity contribution in [2.24, 2.45) is 0 Å². The Morgan fingerprint density at radius 1 is 1.14 bits per heavy atom. The lowest BCUT2D eigenvalue weighted by atomic mass is 9.87. The Hall–Kier alpha value is -1.90. The molecule has 2 aromatic rings. The molecule has 0 bridgehead atoms. The van der Waals surface area contributed by atoms with Crippen LogP contribution in [0, 0.1) is 13.8 Å². The predicted octanol–water partition coefficient (Wildman–Crippen LogP) is 4.05. The topological polar surface area (TPSA) is 34.9 Å². The fourth-order valence-electron chi connectivity index (χ4n) is 2.62. The smallest absolute Gasteiger partial charge is 0.267 e. The van der Waals surface area contributed by atoms with Crippen molar-refractivity contribution >= 4 is 5.91 Å². The summed E-state index contributed by atoms with van der Waals surface area (Å²) in [5, 5.41) is 4.40. The Balaban J connectivity index is 2.37. The second-order valence-electron chi connectivity index (χ2n) is 6.55. The van der Waals surface area contributed by atoms with Gasteiger partial charge in [-0.3, -0.25) is 4.79 Å². The van der Waals surface area contributed by atoms with E-state index in [1.54, 1.807) is 0 Å². The number of aromatic nitrogens is 2. The molecule has 1 aromatic heterocycles. The van der Waals surface area contributed by atoms with Gasteiger partial charge in [0, 0.05) is 11.3 Å². The van der Waals surface area contributed by atoms with Gasteiger partial charge >= 0.3 is 0 Å². The molecule has 0 atom stereocenters. The molecule has 0 fully saturated rings. The lowest BCUT2D eigenvalue weighted by molar-refractivity contribution is 0.0942. The number of hydrogen-bond acceptors (Lipinski definition) is 2. The standard InChI is InChI=1S/C18H24N2O/c1-7-16-12(2)19-20(13(16)3)17(21)14-8-10-15(11-9-14)18(4,5)6/h8-11H,7H2,1-6H3. The molecule has 0 saturated heterocycles. The van der Waals surface area contributed by atoms with E-state index in [1.165, 1.54) is 10.2 Å². The molecule has 0 radical (unpaired) electrons. The fraction of sp³-hybridized carbons (Fsp3) is 0.444. The first kappa shape index (κ1) is 15.5. The van der Waals surface area contributed by atoms with Gasteiger partial charge in [0.05, 0.1) is 5.69 Å². The predicted molar refractivity (Wildman–Crippen MR) is 85.9 cm³/mol. The van der Waals surface area contributed by atoms with Crippen LogP contribution in [0.5, 0.6) is 0 Å². The van der Waals surface area contributed by atoms with Gasteiger partial charge in [0.25, 0.3) is 5.91 Å². The molecule has 0 spiro atoms. The molecule has 2 rings (SSSR count). The van der Waals surface area contributed by atoms with E-state index in [1.807, 2.05) is 38.1 Å². The van der Waals surface area contributed by atoms with Crippen molar-refractivity contribution in [2.75, 3.05) is 0 Å². The second-order valence-corrected chi connectivity index (χ2v) is 6.55. The first-order chi connectivity index (χ1) is 9.75. The highest BCUT2D eigenvalue weighted by Crippen LogP contribution is 2.23. The van der Waals surface area contributed by atoms with Gasteiger partial charge < -0.3 is 0 Å². The van der Waals surface area contributed by atoms with E-state index in [0.717, 1.165) is 23.4 Å². The number of nitrogens with zero attached hydrogens (tertiary/aromatic N) is 2. The SMILES string of the molecule is CCc1c(C)nn(C(=O)c2ccc(C(C)(C)C)cc2)c1C. The van der Waals surface area contributed by atoms with Gasteiger partial charge in [-0.05, 0) is 48.9 Å². The van der Waals surface area contributed by atoms with Gasteiger partial charge in [-0.2, -0.15) is 5.10 Å². The highest BCUT2D eigenvalue weighted by molar-refractivity contribution is 5.96. The van der Waals surface area contributed by atoms with Gasteiger partial charge in [-0.1, -0.05) is 39.8 Å². The van der Waals surface area contributed by atoms with E-state index in [4.69, 9.17) is 0 Å². The van der Waals surface area contributed by atoms with Crippen LogP contribution in [0.25, 0.3) is 0 Å². The number of carbonyl (C=O) groups excluding carboxylic acids is 1. The molecule has 0 saturated carbocycles. The van der Waals surface area contributed by atoms with Crippen LogP contribution in [0.3, 0.4) is 0 Å². The molecule has 0 aliphatic carbocycles. The van der Waals surface area contributed by atoms with Crippen LogP contribution in [-0.4, -0.2) is 15.7 Å². The minimum absolute atomic E-state index is 0.0595. The summed E-state index contributed by atoms with van der Waals surface area (Å²) in [7, 11) is 0. The van der Waals surface area contributed by atoms with E-state index < -0.39 is 0 Å². The maximum atomic E-state index is 12.6. The lowest BCUT2D eigenvalue weighted by Crippen LogP contribution is -2.16. The summed E-state index contributed by atoms with van der Waals surface area (Å²) in [5.41, 5.74) is 5.04. The Labute approximate surface area is 127 Å². The van der Waals surface area contributed by atoms with Crippen molar-refractivity contribution in [3.05, 3.63) is 52.3 Å². The zero-order valence-electron chi connectivity index (χ0n) is 13.8. The zero-order valence-corrected chi connectivity index (χ0v) is 13.8. The van der Waals surface area contributed by atoms with Crippen molar-refractivity contribution < 1.29 is 4.79 Å². The molecule has 0 amide bonds. The first-order valence-corrected chi connectivity index (χ1v) is 7.46. The molecule has 0 aliphatic heterocycles. The quantitative estimate of drug-likeness (QED) is 0.834. The van der Waals surface area contributed by atoms with Gasteiger partial charge in [0.15, 0.2) is 0 Å². The van der Waals surface area contributed by atoms with Crippen LogP contribution < -0.4 is 0 Å².